The second-order valence-corrected chi connectivity index (χ2v) is 4.47. The number of benzene rings is 1. The topological polar surface area (TPSA) is 55.0 Å². The van der Waals surface area contributed by atoms with Crippen LogP contribution < -0.4 is 10.6 Å². The van der Waals surface area contributed by atoms with Crippen LogP contribution in [0.15, 0.2) is 36.7 Å². The van der Waals surface area contributed by atoms with Crippen molar-refractivity contribution < 1.29 is 0 Å². The molecule has 1 aromatic heterocycles. The van der Waals surface area contributed by atoms with Gasteiger partial charge in [0.25, 0.3) is 0 Å². The van der Waals surface area contributed by atoms with Crippen molar-refractivity contribution in [3.63, 3.8) is 0 Å². The molecule has 4 heteroatoms. The summed E-state index contributed by atoms with van der Waals surface area (Å²) in [6, 6.07) is 10.1. The van der Waals surface area contributed by atoms with Crippen LogP contribution in [0.1, 0.15) is 24.2 Å². The first-order valence-electron chi connectivity index (χ1n) is 5.95. The fourth-order valence-corrected chi connectivity index (χ4v) is 1.87. The summed E-state index contributed by atoms with van der Waals surface area (Å²) in [4.78, 5) is 10.5. The molecule has 0 spiro atoms. The zero-order valence-electron chi connectivity index (χ0n) is 11.0. The molecule has 18 heavy (non-hydrogen) atoms. The van der Waals surface area contributed by atoms with E-state index in [9.17, 15) is 0 Å². The van der Waals surface area contributed by atoms with Gasteiger partial charge in [-0.05, 0) is 31.5 Å². The van der Waals surface area contributed by atoms with Gasteiger partial charge in [0.1, 0.15) is 12.1 Å². The van der Waals surface area contributed by atoms with Crippen molar-refractivity contribution >= 4 is 11.5 Å². The Balaban J connectivity index is 2.26. The van der Waals surface area contributed by atoms with Gasteiger partial charge in [0.15, 0.2) is 0 Å². The molecule has 0 saturated heterocycles. The van der Waals surface area contributed by atoms with Crippen molar-refractivity contribution in [3.8, 4) is 0 Å². The number of nitrogens with two attached hydrogens (primary N) is 1. The highest BCUT2D eigenvalue weighted by Crippen LogP contribution is 2.24. The van der Waals surface area contributed by atoms with E-state index in [1.807, 2.05) is 38.2 Å². The molecule has 0 aliphatic rings. The number of nitrogens with zero attached hydrogens (tertiary/aromatic N) is 3. The van der Waals surface area contributed by atoms with E-state index in [2.05, 4.69) is 27.9 Å². The minimum Gasteiger partial charge on any atom is -0.399 e. The molecule has 1 aromatic carbocycles. The van der Waals surface area contributed by atoms with Gasteiger partial charge in [-0.2, -0.15) is 0 Å². The smallest absolute Gasteiger partial charge is 0.132 e. The number of nitrogen functional groups attached to an aromatic ring is 1. The van der Waals surface area contributed by atoms with E-state index in [1.165, 1.54) is 5.56 Å². The fourth-order valence-electron chi connectivity index (χ4n) is 1.87. The lowest BCUT2D eigenvalue weighted by Gasteiger charge is -2.26. The maximum absolute atomic E-state index is 5.82. The Labute approximate surface area is 107 Å². The Morgan fingerprint density at radius 2 is 2.00 bits per heavy atom. The molecule has 1 unspecified atom stereocenters. The summed E-state index contributed by atoms with van der Waals surface area (Å²) in [6.07, 6.45) is 1.59. The molecule has 94 valence electrons. The van der Waals surface area contributed by atoms with Gasteiger partial charge in [0.2, 0.25) is 0 Å². The average molecular weight is 242 g/mol. The molecule has 0 amide bonds. The normalized spacial score (nSPS) is 12.2. The van der Waals surface area contributed by atoms with E-state index in [0.717, 1.165) is 17.2 Å². The SMILES string of the molecule is Cc1cc(N(C)C(C)c2cccc(N)c2)ncn1. The quantitative estimate of drug-likeness (QED) is 0.840. The molecule has 2 N–H and O–H groups in total. The van der Waals surface area contributed by atoms with Crippen LogP contribution in [0.5, 0.6) is 0 Å². The van der Waals surface area contributed by atoms with Crippen molar-refractivity contribution in [2.45, 2.75) is 19.9 Å². The molecule has 2 rings (SSSR count). The van der Waals surface area contributed by atoms with Crippen molar-refractivity contribution in [3.05, 3.63) is 47.9 Å². The standard InChI is InChI=1S/C14H18N4/c1-10-7-14(17-9-16-10)18(3)11(2)12-5-4-6-13(15)8-12/h4-9,11H,15H2,1-3H3. The maximum Gasteiger partial charge on any atom is 0.132 e. The van der Waals surface area contributed by atoms with Gasteiger partial charge >= 0.3 is 0 Å². The third kappa shape index (κ3) is 2.59. The average Bonchev–Trinajstić information content (AvgIpc) is 2.37. The molecule has 1 atom stereocenters. The summed E-state index contributed by atoms with van der Waals surface area (Å²) >= 11 is 0. The summed E-state index contributed by atoms with van der Waals surface area (Å²) < 4.78 is 0. The fraction of sp³-hybridized carbons (Fsp3) is 0.286. The van der Waals surface area contributed by atoms with Gasteiger partial charge in [-0.25, -0.2) is 9.97 Å². The van der Waals surface area contributed by atoms with Gasteiger partial charge in [-0.15, -0.1) is 0 Å². The van der Waals surface area contributed by atoms with E-state index in [4.69, 9.17) is 5.73 Å². The number of anilines is 2. The molecule has 1 heterocycles. The number of rotatable bonds is 3. The zero-order valence-corrected chi connectivity index (χ0v) is 11.0. The number of hydrogen-bond donors (Lipinski definition) is 1. The molecule has 0 saturated carbocycles. The van der Waals surface area contributed by atoms with E-state index in [0.29, 0.717) is 0 Å². The molecule has 0 bridgehead atoms. The van der Waals surface area contributed by atoms with Crippen LogP contribution in [0.4, 0.5) is 11.5 Å². The first-order chi connectivity index (χ1) is 8.58. The van der Waals surface area contributed by atoms with E-state index < -0.39 is 0 Å². The monoisotopic (exact) mass is 242 g/mol. The Morgan fingerprint density at radius 3 is 2.67 bits per heavy atom. The summed E-state index contributed by atoms with van der Waals surface area (Å²) in [6.45, 7) is 4.09. The van der Waals surface area contributed by atoms with Gasteiger partial charge in [-0.3, -0.25) is 0 Å². The van der Waals surface area contributed by atoms with Gasteiger partial charge < -0.3 is 10.6 Å². The van der Waals surface area contributed by atoms with Crippen LogP contribution in [0, 0.1) is 6.92 Å². The highest BCUT2D eigenvalue weighted by Gasteiger charge is 2.13. The molecule has 0 fully saturated rings. The minimum atomic E-state index is 0.211. The lowest BCUT2D eigenvalue weighted by molar-refractivity contribution is 0.726. The highest BCUT2D eigenvalue weighted by atomic mass is 15.2. The summed E-state index contributed by atoms with van der Waals surface area (Å²) in [5.74, 6) is 0.914. The molecule has 4 nitrogen and oxygen atoms in total. The van der Waals surface area contributed by atoms with E-state index >= 15 is 0 Å². The molecule has 0 aliphatic heterocycles. The van der Waals surface area contributed by atoms with Crippen molar-refractivity contribution in [2.75, 3.05) is 17.7 Å². The second kappa shape index (κ2) is 5.04. The number of hydrogen-bond acceptors (Lipinski definition) is 4. The summed E-state index contributed by atoms with van der Waals surface area (Å²) in [7, 11) is 2.02. The van der Waals surface area contributed by atoms with Crippen LogP contribution in [-0.4, -0.2) is 17.0 Å². The number of aryl methyl sites for hydroxylation is 1. The predicted molar refractivity (Wildman–Crippen MR) is 74.4 cm³/mol. The maximum atomic E-state index is 5.82. The highest BCUT2D eigenvalue weighted by molar-refractivity contribution is 5.46. The first-order valence-corrected chi connectivity index (χ1v) is 5.95. The molecular formula is C14H18N4. The van der Waals surface area contributed by atoms with Gasteiger partial charge in [0, 0.05) is 24.5 Å². The lowest BCUT2D eigenvalue weighted by Crippen LogP contribution is -2.22. The largest absolute Gasteiger partial charge is 0.399 e. The Bertz CT molecular complexity index is 489. The van der Waals surface area contributed by atoms with Crippen molar-refractivity contribution in [1.29, 1.82) is 0 Å². The minimum absolute atomic E-state index is 0.211. The molecule has 0 radical (unpaired) electrons. The summed E-state index contributed by atoms with van der Waals surface area (Å²) in [5.41, 5.74) is 8.74. The third-order valence-corrected chi connectivity index (χ3v) is 3.12. The Kier molecular flexibility index (Phi) is 3.46. The van der Waals surface area contributed by atoms with Crippen LogP contribution in [0.3, 0.4) is 0 Å². The lowest BCUT2D eigenvalue weighted by atomic mass is 10.1. The Morgan fingerprint density at radius 1 is 1.22 bits per heavy atom. The third-order valence-electron chi connectivity index (χ3n) is 3.12. The van der Waals surface area contributed by atoms with E-state index in [1.54, 1.807) is 6.33 Å². The molecular weight excluding hydrogens is 224 g/mol. The summed E-state index contributed by atoms with van der Waals surface area (Å²) in [5, 5.41) is 0. The second-order valence-electron chi connectivity index (χ2n) is 4.47. The van der Waals surface area contributed by atoms with Gasteiger partial charge in [-0.1, -0.05) is 12.1 Å². The van der Waals surface area contributed by atoms with Crippen LogP contribution in [-0.2, 0) is 0 Å². The molecule has 2 aromatic rings. The zero-order chi connectivity index (χ0) is 13.1. The first kappa shape index (κ1) is 12.4. The predicted octanol–water partition coefficient (Wildman–Crippen LogP) is 2.56. The van der Waals surface area contributed by atoms with Crippen LogP contribution >= 0.6 is 0 Å². The Hall–Kier alpha value is -2.10. The number of aromatic nitrogens is 2. The van der Waals surface area contributed by atoms with Crippen LogP contribution in [0.25, 0.3) is 0 Å². The molecule has 0 aliphatic carbocycles. The van der Waals surface area contributed by atoms with E-state index in [-0.39, 0.29) is 6.04 Å². The van der Waals surface area contributed by atoms with Crippen LogP contribution in [0.2, 0.25) is 0 Å². The van der Waals surface area contributed by atoms with Gasteiger partial charge in [0.05, 0.1) is 6.04 Å². The van der Waals surface area contributed by atoms with Crippen molar-refractivity contribution in [1.82, 2.24) is 9.97 Å². The van der Waals surface area contributed by atoms with Crippen molar-refractivity contribution in [2.24, 2.45) is 0 Å².